The highest BCUT2D eigenvalue weighted by atomic mass is 35.5. The van der Waals surface area contributed by atoms with Crippen LogP contribution >= 0.6 is 11.6 Å². The highest BCUT2D eigenvalue weighted by Crippen LogP contribution is 2.18. The molecule has 1 rings (SSSR count). The molecule has 0 aromatic carbocycles. The van der Waals surface area contributed by atoms with E-state index in [0.717, 1.165) is 6.54 Å². The average Bonchev–Trinajstić information content (AvgIpc) is 2.28. The lowest BCUT2D eigenvalue weighted by Gasteiger charge is -2.27. The van der Waals surface area contributed by atoms with E-state index in [0.29, 0.717) is 12.6 Å². The smallest absolute Gasteiger partial charge is 0.322 e. The van der Waals surface area contributed by atoms with Crippen LogP contribution in [0.4, 0.5) is 5.95 Å². The van der Waals surface area contributed by atoms with Gasteiger partial charge in [-0.1, -0.05) is 0 Å². The Hall–Kier alpha value is -1.14. The summed E-state index contributed by atoms with van der Waals surface area (Å²) in [6, 6.07) is 0.383. The molecule has 0 saturated heterocycles. The predicted octanol–water partition coefficient (Wildman–Crippen LogP) is 2.17. The first-order chi connectivity index (χ1) is 8.97. The van der Waals surface area contributed by atoms with Gasteiger partial charge in [0.05, 0.1) is 18.8 Å². The van der Waals surface area contributed by atoms with E-state index in [9.17, 15) is 0 Å². The molecule has 0 bridgehead atoms. The minimum atomic E-state index is -0.0159. The molecule has 1 aromatic heterocycles. The zero-order chi connectivity index (χ0) is 14.4. The Morgan fingerprint density at radius 1 is 1.21 bits per heavy atom. The summed E-state index contributed by atoms with van der Waals surface area (Å²) in [5, 5.41) is 0.128. The molecular weight excluding hydrogens is 268 g/mol. The summed E-state index contributed by atoms with van der Waals surface area (Å²) in [5.74, 6) is 0.503. The van der Waals surface area contributed by atoms with Gasteiger partial charge in [0.25, 0.3) is 0 Å². The monoisotopic (exact) mass is 288 g/mol. The number of halogens is 1. The molecule has 0 aliphatic heterocycles. The Morgan fingerprint density at radius 2 is 1.89 bits per heavy atom. The maximum Gasteiger partial charge on any atom is 0.322 e. The second kappa shape index (κ2) is 7.45. The maximum absolute atomic E-state index is 5.92. The highest BCUT2D eigenvalue weighted by Gasteiger charge is 2.18. The third kappa shape index (κ3) is 4.80. The summed E-state index contributed by atoms with van der Waals surface area (Å²) in [4.78, 5) is 14.4. The third-order valence-corrected chi connectivity index (χ3v) is 2.62. The second-order valence-electron chi connectivity index (χ2n) is 4.44. The Balaban J connectivity index is 2.99. The number of hydrogen-bond donors (Lipinski definition) is 0. The fraction of sp³-hybridized carbons (Fsp3) is 0.750. The zero-order valence-corrected chi connectivity index (χ0v) is 12.8. The fourth-order valence-corrected chi connectivity index (χ4v) is 1.84. The van der Waals surface area contributed by atoms with Gasteiger partial charge in [0.1, 0.15) is 0 Å². The number of nitrogens with zero attached hydrogens (tertiary/aromatic N) is 4. The van der Waals surface area contributed by atoms with Crippen LogP contribution in [-0.4, -0.2) is 47.4 Å². The van der Waals surface area contributed by atoms with Gasteiger partial charge >= 0.3 is 6.01 Å². The van der Waals surface area contributed by atoms with Crippen molar-refractivity contribution in [2.75, 3.05) is 25.2 Å². The van der Waals surface area contributed by atoms with E-state index < -0.39 is 0 Å². The number of aromatic nitrogens is 3. The summed E-state index contributed by atoms with van der Waals surface area (Å²) in [5.41, 5.74) is 0. The van der Waals surface area contributed by atoms with Crippen LogP contribution in [0.25, 0.3) is 0 Å². The van der Waals surface area contributed by atoms with Crippen LogP contribution in [0.15, 0.2) is 0 Å². The van der Waals surface area contributed by atoms with E-state index in [4.69, 9.17) is 21.1 Å². The van der Waals surface area contributed by atoms with Crippen molar-refractivity contribution >= 4 is 17.5 Å². The standard InChI is InChI=1S/C12H21ClN4O2/c1-6-17(9(4)7-18-5)11-14-10(13)15-12(16-11)19-8(2)3/h8-9H,6-7H2,1-5H3. The topological polar surface area (TPSA) is 60.4 Å². The van der Waals surface area contributed by atoms with Gasteiger partial charge < -0.3 is 14.4 Å². The van der Waals surface area contributed by atoms with Gasteiger partial charge in [-0.15, -0.1) is 0 Å². The minimum absolute atomic E-state index is 0.0159. The number of anilines is 1. The number of ether oxygens (including phenoxy) is 2. The van der Waals surface area contributed by atoms with E-state index in [1.54, 1.807) is 7.11 Å². The molecule has 6 nitrogen and oxygen atoms in total. The van der Waals surface area contributed by atoms with E-state index in [2.05, 4.69) is 15.0 Å². The van der Waals surface area contributed by atoms with Crippen molar-refractivity contribution < 1.29 is 9.47 Å². The van der Waals surface area contributed by atoms with E-state index >= 15 is 0 Å². The van der Waals surface area contributed by atoms with Crippen LogP contribution in [0.5, 0.6) is 6.01 Å². The van der Waals surface area contributed by atoms with Gasteiger partial charge in [0.15, 0.2) is 0 Å². The normalized spacial score (nSPS) is 12.6. The predicted molar refractivity (Wildman–Crippen MR) is 75.0 cm³/mol. The zero-order valence-electron chi connectivity index (χ0n) is 12.1. The first-order valence-corrected chi connectivity index (χ1v) is 6.69. The lowest BCUT2D eigenvalue weighted by atomic mass is 10.3. The molecule has 19 heavy (non-hydrogen) atoms. The molecule has 0 N–H and O–H groups in total. The van der Waals surface area contributed by atoms with Crippen molar-refractivity contribution in [3.8, 4) is 6.01 Å². The van der Waals surface area contributed by atoms with Gasteiger partial charge in [-0.05, 0) is 39.3 Å². The van der Waals surface area contributed by atoms with Crippen molar-refractivity contribution in [2.24, 2.45) is 0 Å². The molecule has 0 fully saturated rings. The third-order valence-electron chi connectivity index (χ3n) is 2.45. The molecule has 0 saturated carbocycles. The lowest BCUT2D eigenvalue weighted by molar-refractivity contribution is 0.181. The Bertz CT molecular complexity index is 403. The second-order valence-corrected chi connectivity index (χ2v) is 4.78. The van der Waals surface area contributed by atoms with Crippen LogP contribution < -0.4 is 9.64 Å². The van der Waals surface area contributed by atoms with Crippen LogP contribution in [0.1, 0.15) is 27.7 Å². The Labute approximate surface area is 119 Å². The van der Waals surface area contributed by atoms with Crippen molar-refractivity contribution in [2.45, 2.75) is 39.8 Å². The molecule has 1 atom stereocenters. The molecule has 0 radical (unpaired) electrons. The molecule has 0 aliphatic rings. The molecular formula is C12H21ClN4O2. The maximum atomic E-state index is 5.92. The number of methoxy groups -OCH3 is 1. The highest BCUT2D eigenvalue weighted by molar-refractivity contribution is 6.28. The first-order valence-electron chi connectivity index (χ1n) is 6.31. The lowest BCUT2D eigenvalue weighted by Crippen LogP contribution is -2.37. The molecule has 1 heterocycles. The van der Waals surface area contributed by atoms with Gasteiger partial charge in [-0.25, -0.2) is 0 Å². The first kappa shape index (κ1) is 15.9. The molecule has 1 aromatic rings. The van der Waals surface area contributed by atoms with Crippen LogP contribution in [0.2, 0.25) is 5.28 Å². The summed E-state index contributed by atoms with van der Waals surface area (Å²) in [6.45, 7) is 9.19. The quantitative estimate of drug-likeness (QED) is 0.766. The number of hydrogen-bond acceptors (Lipinski definition) is 6. The minimum Gasteiger partial charge on any atom is -0.461 e. The average molecular weight is 289 g/mol. The fourth-order valence-electron chi connectivity index (χ4n) is 1.70. The van der Waals surface area contributed by atoms with Gasteiger partial charge in [-0.2, -0.15) is 15.0 Å². The molecule has 7 heteroatoms. The molecule has 1 unspecified atom stereocenters. The SMILES string of the molecule is CCN(c1nc(Cl)nc(OC(C)C)n1)C(C)COC. The van der Waals surface area contributed by atoms with Crippen molar-refractivity contribution in [3.05, 3.63) is 5.28 Å². The largest absolute Gasteiger partial charge is 0.461 e. The van der Waals surface area contributed by atoms with Crippen molar-refractivity contribution in [1.29, 1.82) is 0 Å². The molecule has 108 valence electrons. The van der Waals surface area contributed by atoms with Crippen molar-refractivity contribution in [3.63, 3.8) is 0 Å². The Morgan fingerprint density at radius 3 is 2.42 bits per heavy atom. The summed E-state index contributed by atoms with van der Waals surface area (Å²) in [6.07, 6.45) is -0.0159. The Kier molecular flexibility index (Phi) is 6.24. The number of rotatable bonds is 7. The van der Waals surface area contributed by atoms with E-state index in [1.807, 2.05) is 32.6 Å². The van der Waals surface area contributed by atoms with Gasteiger partial charge in [-0.3, -0.25) is 0 Å². The van der Waals surface area contributed by atoms with Crippen LogP contribution in [-0.2, 0) is 4.74 Å². The van der Waals surface area contributed by atoms with Gasteiger partial charge in [0, 0.05) is 13.7 Å². The molecule has 0 spiro atoms. The van der Waals surface area contributed by atoms with Crippen molar-refractivity contribution in [1.82, 2.24) is 15.0 Å². The molecule has 0 amide bonds. The summed E-state index contributed by atoms with van der Waals surface area (Å²) in [7, 11) is 1.66. The van der Waals surface area contributed by atoms with Crippen LogP contribution in [0.3, 0.4) is 0 Å². The van der Waals surface area contributed by atoms with Gasteiger partial charge in [0.2, 0.25) is 11.2 Å². The van der Waals surface area contributed by atoms with E-state index in [-0.39, 0.29) is 23.4 Å². The van der Waals surface area contributed by atoms with E-state index in [1.165, 1.54) is 0 Å². The van der Waals surface area contributed by atoms with Crippen LogP contribution in [0, 0.1) is 0 Å². The summed E-state index contributed by atoms with van der Waals surface area (Å²) >= 11 is 5.92. The molecule has 0 aliphatic carbocycles. The number of likely N-dealkylation sites (N-methyl/N-ethyl adjacent to an activating group) is 1. The summed E-state index contributed by atoms with van der Waals surface area (Å²) < 4.78 is 10.6.